The average molecular weight is 479 g/mol. The molecular weight excluding hydrogens is 452 g/mol. The normalized spacial score (nSPS) is 16.4. The third kappa shape index (κ3) is 4.42. The lowest BCUT2D eigenvalue weighted by Crippen LogP contribution is -2.36. The van der Waals surface area contributed by atoms with Gasteiger partial charge in [-0.25, -0.2) is 8.42 Å². The summed E-state index contributed by atoms with van der Waals surface area (Å²) in [6, 6.07) is 14.5. The van der Waals surface area contributed by atoms with Crippen LogP contribution in [-0.4, -0.2) is 31.7 Å². The molecule has 1 aliphatic rings. The maximum atomic E-state index is 13.0. The second-order valence-corrected chi connectivity index (χ2v) is 10.3. The standard InChI is InChI=1S/C22H27BrN2O3S/c1-4-25(5-2)29(27,28)20-12-6-17(7-13-20)16(3)24-21(26)22(14-15-22)18-8-10-19(23)11-9-18/h6-13,16H,4-5,14-15H2,1-3H3,(H,24,26). The van der Waals surface area contributed by atoms with E-state index in [1.54, 1.807) is 24.3 Å². The third-order valence-electron chi connectivity index (χ3n) is 5.65. The highest BCUT2D eigenvalue weighted by Crippen LogP contribution is 2.48. The first-order valence-corrected chi connectivity index (χ1v) is 12.1. The van der Waals surface area contributed by atoms with Gasteiger partial charge in [0.05, 0.1) is 16.4 Å². The van der Waals surface area contributed by atoms with E-state index in [9.17, 15) is 13.2 Å². The van der Waals surface area contributed by atoms with Crippen LogP contribution < -0.4 is 5.32 Å². The molecule has 1 unspecified atom stereocenters. The molecule has 0 heterocycles. The van der Waals surface area contributed by atoms with Crippen LogP contribution in [0.3, 0.4) is 0 Å². The van der Waals surface area contributed by atoms with Crippen molar-refractivity contribution in [3.63, 3.8) is 0 Å². The van der Waals surface area contributed by atoms with Crippen LogP contribution in [0.1, 0.15) is 50.8 Å². The minimum Gasteiger partial charge on any atom is -0.349 e. The number of carbonyl (C=O) groups excluding carboxylic acids is 1. The summed E-state index contributed by atoms with van der Waals surface area (Å²) in [5.74, 6) is 0.0205. The topological polar surface area (TPSA) is 66.5 Å². The SMILES string of the molecule is CCN(CC)S(=O)(=O)c1ccc(C(C)NC(=O)C2(c3ccc(Br)cc3)CC2)cc1. The molecule has 0 radical (unpaired) electrons. The van der Waals surface area contributed by atoms with Crippen LogP contribution in [0.25, 0.3) is 0 Å². The van der Waals surface area contributed by atoms with Gasteiger partial charge in [-0.15, -0.1) is 0 Å². The highest BCUT2D eigenvalue weighted by Gasteiger charge is 2.51. The molecule has 29 heavy (non-hydrogen) atoms. The average Bonchev–Trinajstić information content (AvgIpc) is 3.51. The van der Waals surface area contributed by atoms with Crippen LogP contribution in [0, 0.1) is 0 Å². The number of sulfonamides is 1. The number of nitrogens with zero attached hydrogens (tertiary/aromatic N) is 1. The van der Waals surface area contributed by atoms with Crippen LogP contribution in [0.2, 0.25) is 0 Å². The van der Waals surface area contributed by atoms with E-state index in [4.69, 9.17) is 0 Å². The highest BCUT2D eigenvalue weighted by atomic mass is 79.9. The quantitative estimate of drug-likeness (QED) is 0.611. The largest absolute Gasteiger partial charge is 0.349 e. The summed E-state index contributed by atoms with van der Waals surface area (Å²) in [5.41, 5.74) is 1.47. The third-order valence-corrected chi connectivity index (χ3v) is 8.25. The van der Waals surface area contributed by atoms with E-state index in [-0.39, 0.29) is 16.8 Å². The molecular formula is C22H27BrN2O3S. The van der Waals surface area contributed by atoms with Gasteiger partial charge in [0.2, 0.25) is 15.9 Å². The Balaban J connectivity index is 1.72. The molecule has 0 aliphatic heterocycles. The molecule has 2 aromatic carbocycles. The molecule has 1 amide bonds. The number of amides is 1. The Labute approximate surface area is 181 Å². The van der Waals surface area contributed by atoms with Crippen molar-refractivity contribution in [2.45, 2.75) is 50.0 Å². The molecule has 3 rings (SSSR count). The van der Waals surface area contributed by atoms with Crippen molar-refractivity contribution in [1.29, 1.82) is 0 Å². The number of carbonyl (C=O) groups is 1. The fourth-order valence-corrected chi connectivity index (χ4v) is 5.32. The number of hydrogen-bond donors (Lipinski definition) is 1. The van der Waals surface area contributed by atoms with Crippen LogP contribution in [0.5, 0.6) is 0 Å². The Morgan fingerprint density at radius 3 is 2.10 bits per heavy atom. The zero-order chi connectivity index (χ0) is 21.2. The lowest BCUT2D eigenvalue weighted by atomic mass is 9.94. The Kier molecular flexibility index (Phi) is 6.51. The van der Waals surface area contributed by atoms with E-state index in [1.165, 1.54) is 4.31 Å². The molecule has 1 aliphatic carbocycles. The molecule has 2 aromatic rings. The maximum Gasteiger partial charge on any atom is 0.243 e. The molecule has 1 saturated carbocycles. The summed E-state index contributed by atoms with van der Waals surface area (Å²) < 4.78 is 27.7. The molecule has 0 spiro atoms. The van der Waals surface area contributed by atoms with Crippen molar-refractivity contribution in [2.24, 2.45) is 0 Å². The fraction of sp³-hybridized carbons (Fsp3) is 0.409. The first-order valence-electron chi connectivity index (χ1n) is 9.91. The van der Waals surface area contributed by atoms with E-state index in [2.05, 4.69) is 21.2 Å². The van der Waals surface area contributed by atoms with E-state index in [1.807, 2.05) is 45.0 Å². The first kappa shape index (κ1) is 22.0. The molecule has 7 heteroatoms. The summed E-state index contributed by atoms with van der Waals surface area (Å²) >= 11 is 3.43. The maximum absolute atomic E-state index is 13.0. The fourth-order valence-electron chi connectivity index (χ4n) is 3.60. The van der Waals surface area contributed by atoms with Crippen LogP contribution in [0.15, 0.2) is 57.9 Å². The van der Waals surface area contributed by atoms with Gasteiger partial charge in [0, 0.05) is 17.6 Å². The summed E-state index contributed by atoms with van der Waals surface area (Å²) in [6.07, 6.45) is 1.68. The predicted octanol–water partition coefficient (Wildman–Crippen LogP) is 4.39. The van der Waals surface area contributed by atoms with Crippen LogP contribution >= 0.6 is 15.9 Å². The number of benzene rings is 2. The Morgan fingerprint density at radius 2 is 1.62 bits per heavy atom. The minimum atomic E-state index is -3.48. The van der Waals surface area contributed by atoms with Crippen molar-refractivity contribution in [3.05, 3.63) is 64.1 Å². The van der Waals surface area contributed by atoms with Crippen molar-refractivity contribution in [2.75, 3.05) is 13.1 Å². The molecule has 0 aromatic heterocycles. The molecule has 156 valence electrons. The van der Waals surface area contributed by atoms with Gasteiger partial charge in [-0.2, -0.15) is 4.31 Å². The van der Waals surface area contributed by atoms with Gasteiger partial charge < -0.3 is 5.32 Å². The summed E-state index contributed by atoms with van der Waals surface area (Å²) in [6.45, 7) is 6.44. The first-order chi connectivity index (χ1) is 13.7. The molecule has 1 fully saturated rings. The van der Waals surface area contributed by atoms with Gasteiger partial charge >= 0.3 is 0 Å². The van der Waals surface area contributed by atoms with Gasteiger partial charge in [-0.05, 0) is 55.2 Å². The van der Waals surface area contributed by atoms with Crippen molar-refractivity contribution in [1.82, 2.24) is 9.62 Å². The van der Waals surface area contributed by atoms with Crippen molar-refractivity contribution < 1.29 is 13.2 Å². The molecule has 1 atom stereocenters. The molecule has 0 bridgehead atoms. The summed E-state index contributed by atoms with van der Waals surface area (Å²) in [4.78, 5) is 13.2. The van der Waals surface area contributed by atoms with Gasteiger partial charge in [0.15, 0.2) is 0 Å². The minimum absolute atomic E-state index is 0.0205. The Bertz CT molecular complexity index is 964. The molecule has 0 saturated heterocycles. The van der Waals surface area contributed by atoms with Gasteiger partial charge in [-0.3, -0.25) is 4.79 Å². The van der Waals surface area contributed by atoms with E-state index >= 15 is 0 Å². The number of nitrogens with one attached hydrogen (secondary N) is 1. The number of halogens is 1. The highest BCUT2D eigenvalue weighted by molar-refractivity contribution is 9.10. The van der Waals surface area contributed by atoms with Gasteiger partial charge in [0.25, 0.3) is 0 Å². The molecule has 5 nitrogen and oxygen atoms in total. The number of hydrogen-bond acceptors (Lipinski definition) is 3. The Morgan fingerprint density at radius 1 is 1.07 bits per heavy atom. The van der Waals surface area contributed by atoms with Crippen LogP contribution in [-0.2, 0) is 20.2 Å². The lowest BCUT2D eigenvalue weighted by Gasteiger charge is -2.21. The summed E-state index contributed by atoms with van der Waals surface area (Å²) in [5, 5.41) is 3.10. The predicted molar refractivity (Wildman–Crippen MR) is 118 cm³/mol. The smallest absolute Gasteiger partial charge is 0.243 e. The van der Waals surface area contributed by atoms with E-state index < -0.39 is 15.4 Å². The molecule has 1 N–H and O–H groups in total. The second-order valence-electron chi connectivity index (χ2n) is 7.44. The van der Waals surface area contributed by atoms with E-state index in [0.717, 1.165) is 28.4 Å². The van der Waals surface area contributed by atoms with Crippen molar-refractivity contribution in [3.8, 4) is 0 Å². The van der Waals surface area contributed by atoms with E-state index in [0.29, 0.717) is 13.1 Å². The van der Waals surface area contributed by atoms with Crippen molar-refractivity contribution >= 4 is 31.9 Å². The monoisotopic (exact) mass is 478 g/mol. The zero-order valence-corrected chi connectivity index (χ0v) is 19.4. The summed E-state index contributed by atoms with van der Waals surface area (Å²) in [7, 11) is -3.48. The lowest BCUT2D eigenvalue weighted by molar-refractivity contribution is -0.124. The zero-order valence-electron chi connectivity index (χ0n) is 17.0. The number of rotatable bonds is 8. The Hall–Kier alpha value is -1.70. The van der Waals surface area contributed by atoms with Crippen LogP contribution in [0.4, 0.5) is 0 Å². The van der Waals surface area contributed by atoms with Gasteiger partial charge in [0.1, 0.15) is 0 Å². The van der Waals surface area contributed by atoms with Gasteiger partial charge in [-0.1, -0.05) is 54.0 Å². The second kappa shape index (κ2) is 8.58.